The van der Waals surface area contributed by atoms with E-state index in [1.54, 1.807) is 0 Å². The summed E-state index contributed by atoms with van der Waals surface area (Å²) in [5.74, 6) is 1.95. The van der Waals surface area contributed by atoms with Crippen molar-refractivity contribution in [1.82, 2.24) is 0 Å². The number of aliphatic hydroxyl groups excluding tert-OH is 1. The molecule has 3 heteroatoms. The standard InChI is InChI=1S/C12H24O2Si/c1-9(13)8-14-15(2,3)12-7-10-4-5-11(12)6-10/h9-13H,4-8H2,1-3H3. The van der Waals surface area contributed by atoms with Crippen LogP contribution in [0.15, 0.2) is 0 Å². The van der Waals surface area contributed by atoms with Crippen molar-refractivity contribution in [3.8, 4) is 0 Å². The molecule has 4 atom stereocenters. The first-order valence-electron chi connectivity index (χ1n) is 6.31. The van der Waals surface area contributed by atoms with Gasteiger partial charge in [0.05, 0.1) is 12.7 Å². The van der Waals surface area contributed by atoms with Crippen LogP contribution in [0, 0.1) is 11.8 Å². The highest BCUT2D eigenvalue weighted by molar-refractivity contribution is 6.72. The Morgan fingerprint density at radius 3 is 2.53 bits per heavy atom. The molecule has 0 saturated heterocycles. The van der Waals surface area contributed by atoms with Gasteiger partial charge in [-0.15, -0.1) is 0 Å². The van der Waals surface area contributed by atoms with E-state index in [1.807, 2.05) is 6.92 Å². The molecule has 2 bridgehead atoms. The third kappa shape index (κ3) is 2.45. The Kier molecular flexibility index (Phi) is 3.24. The second-order valence-electron chi connectivity index (χ2n) is 6.04. The van der Waals surface area contributed by atoms with E-state index in [9.17, 15) is 5.11 Å². The first-order chi connectivity index (χ1) is 6.99. The fourth-order valence-corrected chi connectivity index (χ4v) is 6.76. The highest BCUT2D eigenvalue weighted by Crippen LogP contribution is 2.55. The molecular formula is C12H24O2Si. The molecule has 0 spiro atoms. The van der Waals surface area contributed by atoms with Crippen molar-refractivity contribution in [3.05, 3.63) is 0 Å². The molecule has 2 rings (SSSR count). The van der Waals surface area contributed by atoms with Gasteiger partial charge in [-0.1, -0.05) is 12.8 Å². The first-order valence-corrected chi connectivity index (χ1v) is 9.29. The average Bonchev–Trinajstić information content (AvgIpc) is 2.76. The molecule has 15 heavy (non-hydrogen) atoms. The maximum absolute atomic E-state index is 9.29. The minimum absolute atomic E-state index is 0.310. The van der Waals surface area contributed by atoms with Gasteiger partial charge in [0.1, 0.15) is 0 Å². The van der Waals surface area contributed by atoms with Crippen LogP contribution in [0.1, 0.15) is 32.6 Å². The fourth-order valence-electron chi connectivity index (χ4n) is 3.54. The Morgan fingerprint density at radius 2 is 2.07 bits per heavy atom. The topological polar surface area (TPSA) is 29.5 Å². The van der Waals surface area contributed by atoms with E-state index in [1.165, 1.54) is 25.7 Å². The molecule has 0 radical (unpaired) electrons. The first kappa shape index (κ1) is 11.6. The summed E-state index contributed by atoms with van der Waals surface area (Å²) in [5.41, 5.74) is 0.856. The lowest BCUT2D eigenvalue weighted by molar-refractivity contribution is 0.115. The van der Waals surface area contributed by atoms with Crippen molar-refractivity contribution < 1.29 is 9.53 Å². The molecule has 0 aromatic rings. The molecule has 2 aliphatic carbocycles. The van der Waals surface area contributed by atoms with Gasteiger partial charge in [0.2, 0.25) is 0 Å². The van der Waals surface area contributed by atoms with Gasteiger partial charge >= 0.3 is 0 Å². The predicted octanol–water partition coefficient (Wildman–Crippen LogP) is 2.78. The van der Waals surface area contributed by atoms with Gasteiger partial charge in [-0.3, -0.25) is 0 Å². The predicted molar refractivity (Wildman–Crippen MR) is 64.3 cm³/mol. The van der Waals surface area contributed by atoms with E-state index < -0.39 is 8.32 Å². The third-order valence-corrected chi connectivity index (χ3v) is 7.73. The molecule has 2 fully saturated rings. The van der Waals surface area contributed by atoms with Gasteiger partial charge in [-0.2, -0.15) is 0 Å². The normalized spacial score (nSPS) is 37.2. The van der Waals surface area contributed by atoms with Gasteiger partial charge in [-0.05, 0) is 50.2 Å². The van der Waals surface area contributed by atoms with Crippen LogP contribution in [0.2, 0.25) is 18.6 Å². The van der Waals surface area contributed by atoms with Crippen molar-refractivity contribution in [1.29, 1.82) is 0 Å². The summed E-state index contributed by atoms with van der Waals surface area (Å²) in [6.07, 6.45) is 5.45. The van der Waals surface area contributed by atoms with Crippen molar-refractivity contribution in [3.63, 3.8) is 0 Å². The number of aliphatic hydroxyl groups is 1. The molecule has 4 unspecified atom stereocenters. The lowest BCUT2D eigenvalue weighted by Crippen LogP contribution is -2.40. The van der Waals surface area contributed by atoms with Crippen LogP contribution in [0.4, 0.5) is 0 Å². The van der Waals surface area contributed by atoms with Crippen molar-refractivity contribution in [2.45, 2.75) is 57.3 Å². The highest BCUT2D eigenvalue weighted by atomic mass is 28.4. The Hall–Kier alpha value is 0.137. The lowest BCUT2D eigenvalue weighted by Gasteiger charge is -2.35. The average molecular weight is 228 g/mol. The molecule has 2 aliphatic rings. The molecule has 0 amide bonds. The number of rotatable bonds is 4. The molecule has 2 nitrogen and oxygen atoms in total. The van der Waals surface area contributed by atoms with Crippen LogP contribution in [0.5, 0.6) is 0 Å². The van der Waals surface area contributed by atoms with Crippen LogP contribution in [0.25, 0.3) is 0 Å². The zero-order valence-electron chi connectivity index (χ0n) is 10.2. The molecule has 0 aromatic carbocycles. The summed E-state index contributed by atoms with van der Waals surface area (Å²) in [7, 11) is -1.55. The second kappa shape index (κ2) is 4.19. The smallest absolute Gasteiger partial charge is 0.190 e. The van der Waals surface area contributed by atoms with E-state index in [-0.39, 0.29) is 6.10 Å². The van der Waals surface area contributed by atoms with Gasteiger partial charge in [0, 0.05) is 0 Å². The maximum Gasteiger partial charge on any atom is 0.190 e. The molecule has 0 aromatic heterocycles. The summed E-state index contributed by atoms with van der Waals surface area (Å²) in [6.45, 7) is 7.01. The van der Waals surface area contributed by atoms with Crippen molar-refractivity contribution in [2.24, 2.45) is 11.8 Å². The Bertz CT molecular complexity index is 228. The van der Waals surface area contributed by atoms with Gasteiger partial charge < -0.3 is 9.53 Å². The minimum Gasteiger partial charge on any atom is -0.414 e. The zero-order chi connectivity index (χ0) is 11.1. The summed E-state index contributed by atoms with van der Waals surface area (Å²) < 4.78 is 6.02. The summed E-state index contributed by atoms with van der Waals surface area (Å²) in [5, 5.41) is 9.29. The minimum atomic E-state index is -1.55. The molecule has 0 aliphatic heterocycles. The number of hydrogen-bond donors (Lipinski definition) is 1. The Labute approximate surface area is 94.2 Å². The summed E-state index contributed by atoms with van der Waals surface area (Å²) in [6, 6.07) is 0. The summed E-state index contributed by atoms with van der Waals surface area (Å²) in [4.78, 5) is 0. The number of hydrogen-bond acceptors (Lipinski definition) is 2. The monoisotopic (exact) mass is 228 g/mol. The largest absolute Gasteiger partial charge is 0.414 e. The zero-order valence-corrected chi connectivity index (χ0v) is 11.2. The Morgan fingerprint density at radius 1 is 1.33 bits per heavy atom. The lowest BCUT2D eigenvalue weighted by atomic mass is 10.0. The van der Waals surface area contributed by atoms with E-state index >= 15 is 0 Å². The second-order valence-corrected chi connectivity index (χ2v) is 10.3. The van der Waals surface area contributed by atoms with Crippen LogP contribution in [-0.2, 0) is 4.43 Å². The van der Waals surface area contributed by atoms with Crippen LogP contribution < -0.4 is 0 Å². The van der Waals surface area contributed by atoms with Crippen molar-refractivity contribution in [2.75, 3.05) is 6.61 Å². The fraction of sp³-hybridized carbons (Fsp3) is 1.00. The van der Waals surface area contributed by atoms with Crippen LogP contribution >= 0.6 is 0 Å². The van der Waals surface area contributed by atoms with E-state index in [0.29, 0.717) is 6.61 Å². The Balaban J connectivity index is 1.91. The van der Waals surface area contributed by atoms with E-state index in [0.717, 1.165) is 17.4 Å². The molecule has 1 N–H and O–H groups in total. The van der Waals surface area contributed by atoms with Gasteiger partial charge in [0.25, 0.3) is 0 Å². The quantitative estimate of drug-likeness (QED) is 0.750. The molecule has 0 heterocycles. The van der Waals surface area contributed by atoms with Crippen LogP contribution in [-0.4, -0.2) is 26.1 Å². The molecular weight excluding hydrogens is 204 g/mol. The molecule has 88 valence electrons. The molecule has 2 saturated carbocycles. The van der Waals surface area contributed by atoms with Crippen molar-refractivity contribution >= 4 is 8.32 Å². The van der Waals surface area contributed by atoms with E-state index in [4.69, 9.17) is 4.43 Å². The highest BCUT2D eigenvalue weighted by Gasteiger charge is 2.48. The number of fused-ring (bicyclic) bond motifs is 2. The summed E-state index contributed by atoms with van der Waals surface area (Å²) >= 11 is 0. The van der Waals surface area contributed by atoms with Gasteiger partial charge in [0.15, 0.2) is 8.32 Å². The SMILES string of the molecule is CC(O)CO[Si](C)(C)C1CC2CCC1C2. The van der Waals surface area contributed by atoms with Crippen LogP contribution in [0.3, 0.4) is 0 Å². The maximum atomic E-state index is 9.29. The van der Waals surface area contributed by atoms with Gasteiger partial charge in [-0.25, -0.2) is 0 Å². The van der Waals surface area contributed by atoms with E-state index in [2.05, 4.69) is 13.1 Å². The third-order valence-electron chi connectivity index (χ3n) is 4.33.